The summed E-state index contributed by atoms with van der Waals surface area (Å²) >= 11 is 0. The van der Waals surface area contributed by atoms with Gasteiger partial charge in [0, 0.05) is 73.6 Å². The van der Waals surface area contributed by atoms with Gasteiger partial charge in [0.2, 0.25) is 0 Å². The summed E-state index contributed by atoms with van der Waals surface area (Å²) in [6.45, 7) is 0. The second-order valence-electron chi connectivity index (χ2n) is 17.6. The molecular weight excluding hydrogens is 851 g/mol. The highest BCUT2D eigenvalue weighted by Gasteiger charge is 2.26. The maximum Gasteiger partial charge on any atom is 0.164 e. The first kappa shape index (κ1) is 37.7. The van der Waals surface area contributed by atoms with Gasteiger partial charge in [0.15, 0.2) is 11.4 Å². The van der Waals surface area contributed by atoms with Crippen LogP contribution in [0, 0.1) is 0 Å². The molecule has 8 heteroatoms. The van der Waals surface area contributed by atoms with E-state index in [0.29, 0.717) is 28.3 Å². The van der Waals surface area contributed by atoms with Crippen molar-refractivity contribution in [3.05, 3.63) is 212 Å². The van der Waals surface area contributed by atoms with Crippen LogP contribution in [0.15, 0.2) is 226 Å². The van der Waals surface area contributed by atoms with Crippen LogP contribution in [0.1, 0.15) is 0 Å². The van der Waals surface area contributed by atoms with Crippen molar-refractivity contribution in [2.75, 3.05) is 9.80 Å². The van der Waals surface area contributed by atoms with Gasteiger partial charge in [0.25, 0.3) is 0 Å². The number of anilines is 6. The summed E-state index contributed by atoms with van der Waals surface area (Å²) < 4.78 is 19.9. The third-order valence-electron chi connectivity index (χ3n) is 13.7. The molecule has 0 saturated heterocycles. The van der Waals surface area contributed by atoms with E-state index in [1.54, 1.807) is 0 Å². The highest BCUT2D eigenvalue weighted by Crippen LogP contribution is 2.48. The molecule has 0 spiro atoms. The molecule has 0 atom stereocenters. The lowest BCUT2D eigenvalue weighted by Crippen LogP contribution is -2.13. The number of pyridine rings is 1. The van der Waals surface area contributed by atoms with Gasteiger partial charge in [-0.25, -0.2) is 4.98 Å². The maximum absolute atomic E-state index is 6.91. The zero-order chi connectivity index (χ0) is 45.2. The lowest BCUT2D eigenvalue weighted by molar-refractivity contribution is 0.666. The largest absolute Gasteiger partial charge is 0.456 e. The molecule has 10 aromatic carbocycles. The van der Waals surface area contributed by atoms with Crippen molar-refractivity contribution in [2.24, 2.45) is 0 Å². The summed E-state index contributed by atoms with van der Waals surface area (Å²) in [5.41, 5.74) is 8.84. The molecule has 8 nitrogen and oxygen atoms in total. The molecule has 5 aromatic heterocycles. The van der Waals surface area contributed by atoms with Crippen LogP contribution in [0.2, 0.25) is 0 Å². The molecule has 0 N–H and O–H groups in total. The number of benzene rings is 10. The third kappa shape index (κ3) is 5.72. The summed E-state index contributed by atoms with van der Waals surface area (Å²) in [6.07, 6.45) is 1.86. The molecule has 0 radical (unpaired) electrons. The smallest absolute Gasteiger partial charge is 0.164 e. The average Bonchev–Trinajstić information content (AvgIpc) is 4.09. The molecular formula is C61H35N5O3. The van der Waals surface area contributed by atoms with Crippen LogP contribution in [0.25, 0.3) is 109 Å². The summed E-state index contributed by atoms with van der Waals surface area (Å²) in [5, 5.41) is 23.8. The van der Waals surface area contributed by atoms with Crippen LogP contribution in [-0.4, -0.2) is 15.2 Å². The van der Waals surface area contributed by atoms with Gasteiger partial charge in [-0.1, -0.05) is 133 Å². The molecule has 0 aliphatic rings. The minimum absolute atomic E-state index is 0.583. The Bertz CT molecular complexity index is 4210. The van der Waals surface area contributed by atoms with Gasteiger partial charge in [-0.2, -0.15) is 0 Å². The molecule has 5 heterocycles. The first-order valence-corrected chi connectivity index (χ1v) is 23.0. The van der Waals surface area contributed by atoms with Crippen molar-refractivity contribution < 1.29 is 13.3 Å². The summed E-state index contributed by atoms with van der Waals surface area (Å²) in [4.78, 5) is 9.64. The first-order chi connectivity index (χ1) is 34.2. The van der Waals surface area contributed by atoms with Gasteiger partial charge in [-0.3, -0.25) is 9.80 Å². The molecule has 322 valence electrons. The third-order valence-corrected chi connectivity index (χ3v) is 13.7. The fourth-order valence-electron chi connectivity index (χ4n) is 10.6. The van der Waals surface area contributed by atoms with E-state index in [2.05, 4.69) is 168 Å². The summed E-state index contributed by atoms with van der Waals surface area (Å²) in [6, 6.07) is 71.6. The number of furan rings is 3. The summed E-state index contributed by atoms with van der Waals surface area (Å²) in [7, 11) is 0. The Labute approximate surface area is 392 Å². The summed E-state index contributed by atoms with van der Waals surface area (Å²) in [5.74, 6) is 1.27. The Balaban J connectivity index is 0.949. The molecule has 15 aromatic rings. The normalized spacial score (nSPS) is 12.1. The Morgan fingerprint density at radius 3 is 1.19 bits per heavy atom. The SMILES string of the molecule is c1ccc2c(N(c3ccc4c(c3)oc3ccccc34)c3cc4oc5cc(N(c6ccc7c(c6)oc6ccccc67)c6c7ccccc7cc7ccccc67)nnc5c4cn3)c3ccccc3cc2c1. The molecule has 0 amide bonds. The number of aromatic nitrogens is 3. The quantitative estimate of drug-likeness (QED) is 0.153. The number of nitrogens with zero attached hydrogens (tertiary/aromatic N) is 5. The highest BCUT2D eigenvalue weighted by atomic mass is 16.3. The average molecular weight is 886 g/mol. The zero-order valence-electron chi connectivity index (χ0n) is 36.7. The Morgan fingerprint density at radius 1 is 0.290 bits per heavy atom. The lowest BCUT2D eigenvalue weighted by Gasteiger charge is -2.27. The molecule has 0 fully saturated rings. The van der Waals surface area contributed by atoms with E-state index in [-0.39, 0.29) is 0 Å². The van der Waals surface area contributed by atoms with Gasteiger partial charge in [-0.05, 0) is 70.1 Å². The van der Waals surface area contributed by atoms with E-state index in [4.69, 9.17) is 28.4 Å². The fraction of sp³-hybridized carbons (Fsp3) is 0. The molecule has 0 bridgehead atoms. The van der Waals surface area contributed by atoms with E-state index in [1.807, 2.05) is 54.7 Å². The monoisotopic (exact) mass is 885 g/mol. The van der Waals surface area contributed by atoms with Crippen molar-refractivity contribution in [2.45, 2.75) is 0 Å². The number of hydrogen-bond acceptors (Lipinski definition) is 8. The predicted molar refractivity (Wildman–Crippen MR) is 281 cm³/mol. The van der Waals surface area contributed by atoms with E-state index >= 15 is 0 Å². The first-order valence-electron chi connectivity index (χ1n) is 23.0. The van der Waals surface area contributed by atoms with E-state index in [0.717, 1.165) is 115 Å². The van der Waals surface area contributed by atoms with Crippen LogP contribution in [0.5, 0.6) is 0 Å². The molecule has 0 aliphatic carbocycles. The van der Waals surface area contributed by atoms with E-state index in [1.165, 1.54) is 0 Å². The van der Waals surface area contributed by atoms with Crippen LogP contribution < -0.4 is 9.80 Å². The zero-order valence-corrected chi connectivity index (χ0v) is 36.7. The predicted octanol–water partition coefficient (Wildman–Crippen LogP) is 17.1. The van der Waals surface area contributed by atoms with Crippen LogP contribution in [0.3, 0.4) is 0 Å². The van der Waals surface area contributed by atoms with E-state index < -0.39 is 0 Å². The molecule has 0 aliphatic heterocycles. The van der Waals surface area contributed by atoms with Gasteiger partial charge in [-0.15, -0.1) is 10.2 Å². The number of hydrogen-bond donors (Lipinski definition) is 0. The molecule has 15 rings (SSSR count). The van der Waals surface area contributed by atoms with Crippen molar-refractivity contribution >= 4 is 143 Å². The van der Waals surface area contributed by atoms with Gasteiger partial charge in [0.1, 0.15) is 39.2 Å². The standard InChI is InChI=1S/C61H35N5O3/c1-5-17-42-36(13-1)29-37-14-2-6-18-43(37)60(42)65(40-25-27-48-46-21-9-11-23-51(46)67-53(48)31-40)57-33-55-50(35-62-57)59-56(69-55)34-58(63-64-59)66(41-26-28-49-47-22-10-12-24-52(47)68-54(49)32-41)61-44-19-7-3-15-38(44)30-39-16-4-8-20-45(39)61/h1-35H. The van der Waals surface area contributed by atoms with E-state index in [9.17, 15) is 0 Å². The minimum Gasteiger partial charge on any atom is -0.456 e. The molecule has 69 heavy (non-hydrogen) atoms. The molecule has 0 unspecified atom stereocenters. The number of rotatable bonds is 6. The van der Waals surface area contributed by atoms with Gasteiger partial charge in [0.05, 0.1) is 28.1 Å². The van der Waals surface area contributed by atoms with Crippen LogP contribution >= 0.6 is 0 Å². The topological polar surface area (TPSA) is 84.6 Å². The minimum atomic E-state index is 0.583. The number of fused-ring (bicyclic) bond motifs is 13. The lowest BCUT2D eigenvalue weighted by atomic mass is 9.99. The Hall–Kier alpha value is -9.53. The Morgan fingerprint density at radius 2 is 0.681 bits per heavy atom. The molecule has 0 saturated carbocycles. The van der Waals surface area contributed by atoms with Crippen LogP contribution in [-0.2, 0) is 0 Å². The second kappa shape index (κ2) is 14.5. The van der Waals surface area contributed by atoms with Crippen LogP contribution in [0.4, 0.5) is 34.4 Å². The second-order valence-corrected chi connectivity index (χ2v) is 17.6. The number of para-hydroxylation sites is 2. The maximum atomic E-state index is 6.91. The van der Waals surface area contributed by atoms with Gasteiger partial charge >= 0.3 is 0 Å². The van der Waals surface area contributed by atoms with Gasteiger partial charge < -0.3 is 13.3 Å². The van der Waals surface area contributed by atoms with Crippen molar-refractivity contribution in [3.8, 4) is 0 Å². The fourth-order valence-corrected chi connectivity index (χ4v) is 10.6. The highest BCUT2D eigenvalue weighted by molar-refractivity contribution is 6.17. The Kier molecular flexibility index (Phi) is 7.91. The van der Waals surface area contributed by atoms with Crippen molar-refractivity contribution in [3.63, 3.8) is 0 Å². The van der Waals surface area contributed by atoms with Crippen molar-refractivity contribution in [1.82, 2.24) is 15.2 Å². The van der Waals surface area contributed by atoms with Crippen molar-refractivity contribution in [1.29, 1.82) is 0 Å².